The Morgan fingerprint density at radius 3 is 2.50 bits per heavy atom. The number of hydrogen-bond acceptors (Lipinski definition) is 5. The Morgan fingerprint density at radius 2 is 1.86 bits per heavy atom. The number of aromatic nitrogens is 2. The van der Waals surface area contributed by atoms with Gasteiger partial charge in [-0.05, 0) is 50.6 Å². The predicted octanol–water partition coefficient (Wildman–Crippen LogP) is 5.18. The number of nitrogens with zero attached hydrogens (tertiary/aromatic N) is 5. The van der Waals surface area contributed by atoms with Crippen LogP contribution in [0.2, 0.25) is 0 Å². The van der Waals surface area contributed by atoms with Crippen molar-refractivity contribution in [2.45, 2.75) is 45.3 Å². The van der Waals surface area contributed by atoms with Crippen LogP contribution in [0.4, 0.5) is 29.1 Å². The van der Waals surface area contributed by atoms with E-state index in [1.54, 1.807) is 19.2 Å². The van der Waals surface area contributed by atoms with Gasteiger partial charge in [0.1, 0.15) is 0 Å². The van der Waals surface area contributed by atoms with Crippen LogP contribution in [0.1, 0.15) is 32.4 Å². The van der Waals surface area contributed by atoms with Gasteiger partial charge in [-0.3, -0.25) is 9.69 Å². The molecule has 0 aliphatic carbocycles. The van der Waals surface area contributed by atoms with Crippen LogP contribution in [0.15, 0.2) is 41.2 Å². The van der Waals surface area contributed by atoms with Gasteiger partial charge < -0.3 is 19.0 Å². The number of ether oxygens (including phenoxy) is 1. The van der Waals surface area contributed by atoms with Gasteiger partial charge in [-0.15, -0.1) is 18.2 Å². The highest BCUT2D eigenvalue weighted by atomic mass is 19.4. The third-order valence-electron chi connectivity index (χ3n) is 6.67. The quantitative estimate of drug-likeness (QED) is 0.363. The van der Waals surface area contributed by atoms with Crippen LogP contribution in [0.25, 0.3) is 15.9 Å². The number of pyridine rings is 2. The van der Waals surface area contributed by atoms with Gasteiger partial charge in [0.2, 0.25) is 5.52 Å². The molecule has 1 aliphatic heterocycles. The van der Waals surface area contributed by atoms with E-state index in [1.165, 1.54) is 16.7 Å². The summed E-state index contributed by atoms with van der Waals surface area (Å²) in [6.45, 7) is 14.2. The summed E-state index contributed by atoms with van der Waals surface area (Å²) < 4.78 is 57.0. The van der Waals surface area contributed by atoms with Crippen molar-refractivity contribution in [1.29, 1.82) is 0 Å². The van der Waals surface area contributed by atoms with Crippen molar-refractivity contribution in [3.05, 3.63) is 69.5 Å². The summed E-state index contributed by atoms with van der Waals surface area (Å²) in [6.07, 6.45) is -4.97. The zero-order chi connectivity index (χ0) is 26.4. The Morgan fingerprint density at radius 1 is 1.14 bits per heavy atom. The van der Waals surface area contributed by atoms with E-state index in [4.69, 9.17) is 6.57 Å². The number of aryl methyl sites for hydroxylation is 1. The summed E-state index contributed by atoms with van der Waals surface area (Å²) in [6, 6.07) is 7.91. The van der Waals surface area contributed by atoms with E-state index in [0.717, 1.165) is 12.1 Å². The maximum Gasteiger partial charge on any atom is 0.573 e. The number of halogens is 4. The molecule has 0 spiro atoms. The molecule has 2 aromatic heterocycles. The molecule has 0 amide bonds. The van der Waals surface area contributed by atoms with E-state index in [-0.39, 0.29) is 29.5 Å². The van der Waals surface area contributed by atoms with Crippen LogP contribution in [0, 0.1) is 12.4 Å². The van der Waals surface area contributed by atoms with E-state index >= 15 is 0 Å². The summed E-state index contributed by atoms with van der Waals surface area (Å²) in [5.41, 5.74) is 2.16. The molecule has 11 heteroatoms. The highest BCUT2D eigenvalue weighted by Gasteiger charge is 2.35. The molecule has 0 radical (unpaired) electrons. The molecule has 1 unspecified atom stereocenters. The number of rotatable bonds is 4. The number of hydrogen-bond donors (Lipinski definition) is 0. The van der Waals surface area contributed by atoms with Gasteiger partial charge >= 0.3 is 6.36 Å². The Balaban J connectivity index is 1.62. The molecule has 1 saturated heterocycles. The molecule has 3 atom stereocenters. The SMILES string of the molecule is [C-]#[N+]c1ccc2c(n1)c(N1C[C@@H](C)N(C(C)c3ccc(OC(F)(F)F)c(F)c3)C[C@@H]1C)cc(=O)n2C. The maximum atomic E-state index is 14.3. The number of alkyl halides is 3. The van der Waals surface area contributed by atoms with Gasteiger partial charge in [0.05, 0.1) is 11.2 Å². The second kappa shape index (κ2) is 9.43. The largest absolute Gasteiger partial charge is 0.573 e. The van der Waals surface area contributed by atoms with Crippen LogP contribution in [-0.2, 0) is 7.05 Å². The number of benzene rings is 1. The first kappa shape index (κ1) is 25.4. The minimum Gasteiger partial charge on any atom is -0.403 e. The summed E-state index contributed by atoms with van der Waals surface area (Å²) in [5.74, 6) is -1.71. The molecule has 1 aliphatic rings. The molecule has 1 aromatic carbocycles. The predicted molar refractivity (Wildman–Crippen MR) is 128 cm³/mol. The fourth-order valence-corrected chi connectivity index (χ4v) is 4.79. The second-order valence-electron chi connectivity index (χ2n) is 9.04. The van der Waals surface area contributed by atoms with Gasteiger partial charge in [0, 0.05) is 44.3 Å². The molecule has 3 aromatic rings. The third-order valence-corrected chi connectivity index (χ3v) is 6.67. The van der Waals surface area contributed by atoms with Crippen molar-refractivity contribution in [1.82, 2.24) is 14.5 Å². The average molecular weight is 504 g/mol. The minimum atomic E-state index is -4.97. The first-order chi connectivity index (χ1) is 16.9. The van der Waals surface area contributed by atoms with Crippen molar-refractivity contribution in [2.75, 3.05) is 18.0 Å². The summed E-state index contributed by atoms with van der Waals surface area (Å²) in [5, 5.41) is 0. The van der Waals surface area contributed by atoms with E-state index in [9.17, 15) is 22.4 Å². The number of fused-ring (bicyclic) bond motifs is 1. The van der Waals surface area contributed by atoms with E-state index < -0.39 is 17.9 Å². The fourth-order valence-electron chi connectivity index (χ4n) is 4.79. The lowest BCUT2D eigenvalue weighted by Crippen LogP contribution is -2.57. The van der Waals surface area contributed by atoms with Gasteiger partial charge in [0.25, 0.3) is 11.4 Å². The summed E-state index contributed by atoms with van der Waals surface area (Å²) in [4.78, 5) is 24.8. The molecular weight excluding hydrogens is 478 g/mol. The van der Waals surface area contributed by atoms with Crippen molar-refractivity contribution in [2.24, 2.45) is 7.05 Å². The molecule has 7 nitrogen and oxygen atoms in total. The van der Waals surface area contributed by atoms with Crippen LogP contribution in [-0.4, -0.2) is 46.0 Å². The summed E-state index contributed by atoms with van der Waals surface area (Å²) in [7, 11) is 1.66. The first-order valence-electron chi connectivity index (χ1n) is 11.4. The molecule has 190 valence electrons. The molecule has 36 heavy (non-hydrogen) atoms. The Bertz CT molecular complexity index is 1400. The standard InChI is InChI=1S/C25H25F4N5O2/c1-14-13-34(20-11-23(35)32(5)19-7-9-22(30-4)31-24(19)20)15(2)12-33(14)16(3)17-6-8-21(18(26)10-17)36-25(27,28)29/h6-11,14-16H,12-13H2,1-3,5H3/t14-,15+,16?/m1/s1. The van der Waals surface area contributed by atoms with Crippen LogP contribution < -0.4 is 15.2 Å². The van der Waals surface area contributed by atoms with Gasteiger partial charge in [0.15, 0.2) is 11.6 Å². The zero-order valence-electron chi connectivity index (χ0n) is 20.2. The molecule has 3 heterocycles. The van der Waals surface area contributed by atoms with Crippen LogP contribution in [0.5, 0.6) is 5.75 Å². The van der Waals surface area contributed by atoms with Gasteiger partial charge in [-0.25, -0.2) is 4.39 Å². The molecule has 0 saturated carbocycles. The van der Waals surface area contributed by atoms with Crippen LogP contribution >= 0.6 is 0 Å². The monoisotopic (exact) mass is 503 g/mol. The van der Waals surface area contributed by atoms with Crippen molar-refractivity contribution in [3.63, 3.8) is 0 Å². The van der Waals surface area contributed by atoms with E-state index in [2.05, 4.69) is 24.4 Å². The van der Waals surface area contributed by atoms with Crippen molar-refractivity contribution in [3.8, 4) is 5.75 Å². The number of anilines is 1. The molecule has 4 rings (SSSR count). The molecule has 0 bridgehead atoms. The first-order valence-corrected chi connectivity index (χ1v) is 11.4. The topological polar surface area (TPSA) is 55.0 Å². The normalized spacial score (nSPS) is 19.8. The Kier molecular flexibility index (Phi) is 6.66. The Hall–Kier alpha value is -3.65. The van der Waals surface area contributed by atoms with E-state index in [1.807, 2.05) is 20.8 Å². The van der Waals surface area contributed by atoms with Gasteiger partial charge in [-0.1, -0.05) is 12.6 Å². The fraction of sp³-hybridized carbons (Fsp3) is 0.400. The van der Waals surface area contributed by atoms with Gasteiger partial charge in [-0.2, -0.15) is 0 Å². The van der Waals surface area contributed by atoms with Crippen molar-refractivity contribution < 1.29 is 22.3 Å². The lowest BCUT2D eigenvalue weighted by molar-refractivity contribution is -0.275. The lowest BCUT2D eigenvalue weighted by Gasteiger charge is -2.47. The maximum absolute atomic E-state index is 14.3. The average Bonchev–Trinajstić information content (AvgIpc) is 2.82. The zero-order valence-corrected chi connectivity index (χ0v) is 20.2. The minimum absolute atomic E-state index is 0.0477. The van der Waals surface area contributed by atoms with Crippen molar-refractivity contribution >= 4 is 22.5 Å². The third kappa shape index (κ3) is 4.86. The van der Waals surface area contributed by atoms with E-state index in [0.29, 0.717) is 35.4 Å². The molecular formula is C25H25F4N5O2. The number of piperazine rings is 1. The van der Waals surface area contributed by atoms with Crippen LogP contribution in [0.3, 0.4) is 0 Å². The lowest BCUT2D eigenvalue weighted by atomic mass is 10.00. The highest BCUT2D eigenvalue weighted by molar-refractivity contribution is 5.89. The summed E-state index contributed by atoms with van der Waals surface area (Å²) >= 11 is 0. The molecule has 0 N–H and O–H groups in total. The smallest absolute Gasteiger partial charge is 0.403 e. The second-order valence-corrected chi connectivity index (χ2v) is 9.04. The highest BCUT2D eigenvalue weighted by Crippen LogP contribution is 2.34. The Labute approximate surface area is 205 Å². The molecule has 1 fully saturated rings.